The van der Waals surface area contributed by atoms with E-state index >= 15 is 0 Å². The number of hydrogen-bond donors (Lipinski definition) is 1. The average molecular weight is 389 g/mol. The molecular formula is C18H21BrN4O. The van der Waals surface area contributed by atoms with Crippen LogP contribution in [-0.4, -0.2) is 33.8 Å². The van der Waals surface area contributed by atoms with E-state index in [9.17, 15) is 4.79 Å². The number of urea groups is 1. The molecule has 1 saturated carbocycles. The lowest BCUT2D eigenvalue weighted by Gasteiger charge is -2.39. The fraction of sp³-hybridized carbons (Fsp3) is 0.444. The summed E-state index contributed by atoms with van der Waals surface area (Å²) in [5.74, 6) is 1.06. The molecule has 1 aliphatic carbocycles. The predicted molar refractivity (Wildman–Crippen MR) is 97.1 cm³/mol. The Balaban J connectivity index is 1.32. The summed E-state index contributed by atoms with van der Waals surface area (Å²) in [7, 11) is 1.90. The van der Waals surface area contributed by atoms with Gasteiger partial charge in [-0.15, -0.1) is 0 Å². The minimum absolute atomic E-state index is 0.00622. The maximum absolute atomic E-state index is 12.4. The van der Waals surface area contributed by atoms with Crippen molar-refractivity contribution in [1.29, 1.82) is 0 Å². The van der Waals surface area contributed by atoms with E-state index in [0.29, 0.717) is 11.8 Å². The molecule has 1 aliphatic heterocycles. The van der Waals surface area contributed by atoms with E-state index < -0.39 is 0 Å². The average Bonchev–Trinajstić information content (AvgIpc) is 3.28. The summed E-state index contributed by atoms with van der Waals surface area (Å²) >= 11 is 3.59. The second-order valence-electron chi connectivity index (χ2n) is 6.87. The quantitative estimate of drug-likeness (QED) is 0.866. The molecule has 2 aromatic rings. The number of benzene rings is 1. The number of hydrogen-bond acceptors (Lipinski definition) is 2. The monoisotopic (exact) mass is 388 g/mol. The lowest BCUT2D eigenvalue weighted by atomic mass is 9.92. The van der Waals surface area contributed by atoms with Crippen LogP contribution in [0.1, 0.15) is 30.0 Å². The van der Waals surface area contributed by atoms with Gasteiger partial charge >= 0.3 is 6.03 Å². The molecule has 5 nitrogen and oxygen atoms in total. The first-order valence-electron chi connectivity index (χ1n) is 8.43. The Morgan fingerprint density at radius 3 is 2.79 bits per heavy atom. The minimum atomic E-state index is -0.00622. The van der Waals surface area contributed by atoms with Gasteiger partial charge < -0.3 is 10.2 Å². The molecule has 1 N–H and O–H groups in total. The van der Waals surface area contributed by atoms with E-state index in [2.05, 4.69) is 44.5 Å². The number of amides is 2. The van der Waals surface area contributed by atoms with Gasteiger partial charge in [0.2, 0.25) is 0 Å². The molecule has 0 unspecified atom stereocenters. The Labute approximate surface area is 150 Å². The molecule has 2 aliphatic rings. The third-order valence-corrected chi connectivity index (χ3v) is 5.55. The second-order valence-corrected chi connectivity index (χ2v) is 7.73. The van der Waals surface area contributed by atoms with Gasteiger partial charge in [-0.05, 0) is 36.8 Å². The minimum Gasteiger partial charge on any atom is -0.324 e. The number of carbonyl (C=O) groups is 1. The summed E-state index contributed by atoms with van der Waals surface area (Å²) in [6.07, 6.45) is 5.27. The van der Waals surface area contributed by atoms with Crippen LogP contribution in [0, 0.1) is 5.92 Å². The number of rotatable bonds is 4. The van der Waals surface area contributed by atoms with Gasteiger partial charge in [-0.2, -0.15) is 5.10 Å². The largest absolute Gasteiger partial charge is 0.324 e. The highest BCUT2D eigenvalue weighted by molar-refractivity contribution is 9.10. The third-order valence-electron chi connectivity index (χ3n) is 4.77. The molecule has 0 spiro atoms. The number of likely N-dealkylation sites (tertiary alicyclic amines) is 1. The lowest BCUT2D eigenvalue weighted by Crippen LogP contribution is -2.52. The van der Waals surface area contributed by atoms with Crippen molar-refractivity contribution >= 4 is 27.6 Å². The maximum atomic E-state index is 12.4. The summed E-state index contributed by atoms with van der Waals surface area (Å²) in [5, 5.41) is 7.53. The first kappa shape index (κ1) is 15.7. The summed E-state index contributed by atoms with van der Waals surface area (Å²) in [6.45, 7) is 1.62. The van der Waals surface area contributed by atoms with Crippen LogP contribution in [0.4, 0.5) is 10.5 Å². The first-order chi connectivity index (χ1) is 11.6. The highest BCUT2D eigenvalue weighted by atomic mass is 79.9. The number of aromatic nitrogens is 2. The fourth-order valence-electron chi connectivity index (χ4n) is 3.29. The summed E-state index contributed by atoms with van der Waals surface area (Å²) in [5.41, 5.74) is 3.22. The third kappa shape index (κ3) is 3.20. The van der Waals surface area contributed by atoms with Crippen LogP contribution in [0.3, 0.4) is 0 Å². The Morgan fingerprint density at radius 2 is 2.08 bits per heavy atom. The molecule has 0 radical (unpaired) electrons. The van der Waals surface area contributed by atoms with E-state index in [1.165, 1.54) is 18.4 Å². The van der Waals surface area contributed by atoms with E-state index in [0.717, 1.165) is 35.4 Å². The van der Waals surface area contributed by atoms with E-state index in [-0.39, 0.29) is 6.03 Å². The molecule has 6 heteroatoms. The SMILES string of the molecule is Cn1cc(NC(=O)N2CC(Cc3ccccc3Br)C2)c(C2CC2)n1. The summed E-state index contributed by atoms with van der Waals surface area (Å²) in [4.78, 5) is 14.3. The second kappa shape index (κ2) is 6.24. The number of nitrogens with one attached hydrogen (secondary N) is 1. The van der Waals surface area contributed by atoms with Crippen LogP contribution in [0.2, 0.25) is 0 Å². The number of halogens is 1. The van der Waals surface area contributed by atoms with Crippen LogP contribution in [-0.2, 0) is 13.5 Å². The van der Waals surface area contributed by atoms with Crippen molar-refractivity contribution in [2.45, 2.75) is 25.2 Å². The number of carbonyl (C=O) groups excluding carboxylic acids is 1. The van der Waals surface area contributed by atoms with Gasteiger partial charge in [0.15, 0.2) is 0 Å². The normalized spacial score (nSPS) is 17.7. The van der Waals surface area contributed by atoms with Crippen LogP contribution in [0.25, 0.3) is 0 Å². The van der Waals surface area contributed by atoms with Crippen molar-refractivity contribution in [3.63, 3.8) is 0 Å². The van der Waals surface area contributed by atoms with Crippen molar-refractivity contribution in [3.05, 3.63) is 46.2 Å². The van der Waals surface area contributed by atoms with Gasteiger partial charge in [-0.3, -0.25) is 4.68 Å². The number of nitrogens with zero attached hydrogens (tertiary/aromatic N) is 3. The van der Waals surface area contributed by atoms with E-state index in [1.807, 2.05) is 24.2 Å². The van der Waals surface area contributed by atoms with Crippen LogP contribution < -0.4 is 5.32 Å². The Bertz CT molecular complexity index is 762. The Hall–Kier alpha value is -1.82. The van der Waals surface area contributed by atoms with Gasteiger partial charge in [-0.1, -0.05) is 34.1 Å². The molecule has 24 heavy (non-hydrogen) atoms. The van der Waals surface area contributed by atoms with Gasteiger partial charge in [0, 0.05) is 36.7 Å². The van der Waals surface area contributed by atoms with E-state index in [1.54, 1.807) is 4.68 Å². The van der Waals surface area contributed by atoms with Gasteiger partial charge in [0.1, 0.15) is 0 Å². The zero-order valence-electron chi connectivity index (χ0n) is 13.7. The summed E-state index contributed by atoms with van der Waals surface area (Å²) in [6, 6.07) is 8.29. The summed E-state index contributed by atoms with van der Waals surface area (Å²) < 4.78 is 2.94. The van der Waals surface area contributed by atoms with Crippen molar-refractivity contribution in [1.82, 2.24) is 14.7 Å². The van der Waals surface area contributed by atoms with Crippen molar-refractivity contribution < 1.29 is 4.79 Å². The smallest absolute Gasteiger partial charge is 0.321 e. The van der Waals surface area contributed by atoms with Crippen LogP contribution >= 0.6 is 15.9 Å². The van der Waals surface area contributed by atoms with Crippen LogP contribution in [0.15, 0.2) is 34.9 Å². The molecule has 2 heterocycles. The topological polar surface area (TPSA) is 50.2 Å². The highest BCUT2D eigenvalue weighted by Gasteiger charge is 2.33. The molecule has 0 bridgehead atoms. The van der Waals surface area contributed by atoms with Gasteiger partial charge in [0.05, 0.1) is 11.4 Å². The van der Waals surface area contributed by atoms with Gasteiger partial charge in [0.25, 0.3) is 0 Å². The molecule has 0 atom stereocenters. The fourth-order valence-corrected chi connectivity index (χ4v) is 3.74. The molecule has 1 aromatic carbocycles. The zero-order chi connectivity index (χ0) is 16.7. The highest BCUT2D eigenvalue weighted by Crippen LogP contribution is 2.42. The Kier molecular flexibility index (Phi) is 4.08. The van der Waals surface area contributed by atoms with Gasteiger partial charge in [-0.25, -0.2) is 4.79 Å². The predicted octanol–water partition coefficient (Wildman–Crippen LogP) is 3.77. The first-order valence-corrected chi connectivity index (χ1v) is 9.22. The molecule has 1 saturated heterocycles. The zero-order valence-corrected chi connectivity index (χ0v) is 15.3. The van der Waals surface area contributed by atoms with Crippen LogP contribution in [0.5, 0.6) is 0 Å². The molecule has 2 amide bonds. The van der Waals surface area contributed by atoms with E-state index in [4.69, 9.17) is 0 Å². The maximum Gasteiger partial charge on any atom is 0.321 e. The molecule has 1 aromatic heterocycles. The molecule has 4 rings (SSSR count). The number of aryl methyl sites for hydroxylation is 1. The molecular weight excluding hydrogens is 368 g/mol. The molecule has 2 fully saturated rings. The van der Waals surface area contributed by atoms with Crippen molar-refractivity contribution in [2.75, 3.05) is 18.4 Å². The standard InChI is InChI=1S/C18H21BrN4O/c1-22-11-16(17(21-22)13-6-7-13)20-18(24)23-9-12(10-23)8-14-4-2-3-5-15(14)19/h2-5,11-13H,6-10H2,1H3,(H,20,24). The number of anilines is 1. The Morgan fingerprint density at radius 1 is 1.33 bits per heavy atom. The van der Waals surface area contributed by atoms with Crippen molar-refractivity contribution in [2.24, 2.45) is 13.0 Å². The van der Waals surface area contributed by atoms with Crippen molar-refractivity contribution in [3.8, 4) is 0 Å². The molecule has 126 valence electrons. The lowest BCUT2D eigenvalue weighted by molar-refractivity contribution is 0.131.